The number of aliphatic hydroxyl groups is 1. The van der Waals surface area contributed by atoms with E-state index in [1.54, 1.807) is 43.6 Å². The van der Waals surface area contributed by atoms with Gasteiger partial charge in [0.15, 0.2) is 9.84 Å². The summed E-state index contributed by atoms with van der Waals surface area (Å²) in [6.07, 6.45) is 4.77. The predicted octanol–water partition coefficient (Wildman–Crippen LogP) is 1.40. The molecule has 0 aromatic carbocycles. The molecule has 1 N–H and O–H groups in total. The fourth-order valence-electron chi connectivity index (χ4n) is 1.68. The molecule has 5 nitrogen and oxygen atoms in total. The minimum absolute atomic E-state index is 0.156. The number of nitrogens with zero attached hydrogens (tertiary/aromatic N) is 2. The van der Waals surface area contributed by atoms with E-state index in [1.807, 2.05) is 0 Å². The second-order valence-corrected chi connectivity index (χ2v) is 7.80. The Balaban J connectivity index is 2.77. The molecule has 2 aromatic rings. The number of sulfone groups is 1. The van der Waals surface area contributed by atoms with Gasteiger partial charge in [-0.2, -0.15) is 0 Å². The van der Waals surface area contributed by atoms with Gasteiger partial charge >= 0.3 is 0 Å². The summed E-state index contributed by atoms with van der Waals surface area (Å²) in [6, 6.07) is 1.60. The summed E-state index contributed by atoms with van der Waals surface area (Å²) in [7, 11) is -3.50. The Bertz CT molecular complexity index is 681. The van der Waals surface area contributed by atoms with Crippen molar-refractivity contribution in [2.24, 2.45) is 0 Å². The van der Waals surface area contributed by atoms with Crippen LogP contribution in [0.2, 0.25) is 0 Å². The van der Waals surface area contributed by atoms with Crippen LogP contribution in [0.3, 0.4) is 0 Å². The molecule has 0 aliphatic carbocycles. The highest BCUT2D eigenvalue weighted by Crippen LogP contribution is 2.28. The molecule has 0 radical (unpaired) electrons. The van der Waals surface area contributed by atoms with E-state index in [9.17, 15) is 13.5 Å². The first-order valence-corrected chi connectivity index (χ1v) is 7.07. The van der Waals surface area contributed by atoms with Crippen LogP contribution in [-0.4, -0.2) is 27.7 Å². The standard InChI is InChI=1S/C12H16N2O3S/c1-12(2,3)18(16,17)10-7-14-5-4-13-11(14)6-9(10)8-15/h4-7,15H,8H2,1-3H3. The minimum Gasteiger partial charge on any atom is -0.392 e. The van der Waals surface area contributed by atoms with Crippen LogP contribution in [0, 0.1) is 0 Å². The van der Waals surface area contributed by atoms with Gasteiger partial charge in [-0.15, -0.1) is 0 Å². The molecular formula is C12H16N2O3S. The SMILES string of the molecule is CC(C)(C)S(=O)(=O)c1cn2ccnc2cc1CO. The number of fused-ring (bicyclic) bond motifs is 1. The molecular weight excluding hydrogens is 252 g/mol. The molecule has 6 heteroatoms. The van der Waals surface area contributed by atoms with E-state index in [1.165, 1.54) is 6.20 Å². The molecule has 2 rings (SSSR count). The highest BCUT2D eigenvalue weighted by atomic mass is 32.2. The maximum atomic E-state index is 12.5. The Kier molecular flexibility index (Phi) is 2.95. The largest absolute Gasteiger partial charge is 0.392 e. The van der Waals surface area contributed by atoms with Crippen molar-refractivity contribution in [2.45, 2.75) is 37.0 Å². The van der Waals surface area contributed by atoms with Crippen LogP contribution < -0.4 is 0 Å². The first-order chi connectivity index (χ1) is 8.27. The Morgan fingerprint density at radius 2 is 2.06 bits per heavy atom. The third-order valence-corrected chi connectivity index (χ3v) is 5.40. The molecule has 2 aromatic heterocycles. The van der Waals surface area contributed by atoms with Crippen LogP contribution in [0.25, 0.3) is 5.65 Å². The first-order valence-electron chi connectivity index (χ1n) is 5.58. The maximum Gasteiger partial charge on any atom is 0.185 e. The molecule has 0 saturated heterocycles. The lowest BCUT2D eigenvalue weighted by atomic mass is 10.2. The molecule has 0 fully saturated rings. The first kappa shape index (κ1) is 13.0. The van der Waals surface area contributed by atoms with Gasteiger partial charge in [-0.1, -0.05) is 0 Å². The van der Waals surface area contributed by atoms with Gasteiger partial charge < -0.3 is 9.51 Å². The molecule has 0 spiro atoms. The maximum absolute atomic E-state index is 12.5. The average molecular weight is 268 g/mol. The molecule has 18 heavy (non-hydrogen) atoms. The van der Waals surface area contributed by atoms with Gasteiger partial charge in [0.25, 0.3) is 0 Å². The van der Waals surface area contributed by atoms with Gasteiger partial charge in [0.2, 0.25) is 0 Å². The van der Waals surface area contributed by atoms with E-state index in [0.717, 1.165) is 0 Å². The van der Waals surface area contributed by atoms with Gasteiger partial charge in [-0.3, -0.25) is 0 Å². The van der Waals surface area contributed by atoms with Gasteiger partial charge in [0, 0.05) is 24.2 Å². The number of hydrogen-bond acceptors (Lipinski definition) is 4. The van der Waals surface area contributed by atoms with Crippen molar-refractivity contribution in [1.29, 1.82) is 0 Å². The van der Waals surface area contributed by atoms with Gasteiger partial charge in [0.05, 0.1) is 16.2 Å². The van der Waals surface area contributed by atoms with Gasteiger partial charge in [-0.05, 0) is 26.8 Å². The minimum atomic E-state index is -3.50. The van der Waals surface area contributed by atoms with E-state index < -0.39 is 14.6 Å². The number of aromatic nitrogens is 2. The van der Waals surface area contributed by atoms with Crippen LogP contribution in [0.4, 0.5) is 0 Å². The second kappa shape index (κ2) is 4.07. The highest BCUT2D eigenvalue weighted by Gasteiger charge is 2.33. The second-order valence-electron chi connectivity index (χ2n) is 5.13. The van der Waals surface area contributed by atoms with Crippen molar-refractivity contribution in [1.82, 2.24) is 9.38 Å². The molecule has 0 amide bonds. The smallest absolute Gasteiger partial charge is 0.185 e. The lowest BCUT2D eigenvalue weighted by Gasteiger charge is -2.21. The van der Waals surface area contributed by atoms with Crippen molar-refractivity contribution in [3.63, 3.8) is 0 Å². The topological polar surface area (TPSA) is 71.7 Å². The van der Waals surface area contributed by atoms with Crippen molar-refractivity contribution in [3.8, 4) is 0 Å². The van der Waals surface area contributed by atoms with E-state index in [2.05, 4.69) is 4.98 Å². The molecule has 98 valence electrons. The average Bonchev–Trinajstić information content (AvgIpc) is 2.72. The third-order valence-electron chi connectivity index (χ3n) is 2.84. The van der Waals surface area contributed by atoms with E-state index >= 15 is 0 Å². The number of imidazole rings is 1. The van der Waals surface area contributed by atoms with Crippen LogP contribution in [0.1, 0.15) is 26.3 Å². The predicted molar refractivity (Wildman–Crippen MR) is 68.1 cm³/mol. The van der Waals surface area contributed by atoms with Crippen molar-refractivity contribution >= 4 is 15.5 Å². The number of pyridine rings is 1. The summed E-state index contributed by atoms with van der Waals surface area (Å²) in [5.41, 5.74) is 0.996. The lowest BCUT2D eigenvalue weighted by molar-refractivity contribution is 0.278. The summed E-state index contributed by atoms with van der Waals surface area (Å²) < 4.78 is 25.6. The van der Waals surface area contributed by atoms with Crippen LogP contribution in [-0.2, 0) is 16.4 Å². The van der Waals surface area contributed by atoms with E-state index in [4.69, 9.17) is 0 Å². The number of hydrogen-bond donors (Lipinski definition) is 1. The molecule has 0 atom stereocenters. The number of aliphatic hydroxyl groups excluding tert-OH is 1. The summed E-state index contributed by atoms with van der Waals surface area (Å²) in [5, 5.41) is 9.34. The zero-order valence-electron chi connectivity index (χ0n) is 10.6. The van der Waals surface area contributed by atoms with Crippen LogP contribution in [0.15, 0.2) is 29.6 Å². The highest BCUT2D eigenvalue weighted by molar-refractivity contribution is 7.92. The van der Waals surface area contributed by atoms with E-state index in [0.29, 0.717) is 11.2 Å². The summed E-state index contributed by atoms with van der Waals surface area (Å²) in [5.74, 6) is 0. The summed E-state index contributed by atoms with van der Waals surface area (Å²) in [6.45, 7) is 4.60. The molecule has 0 bridgehead atoms. The van der Waals surface area contributed by atoms with Crippen LogP contribution in [0.5, 0.6) is 0 Å². The van der Waals surface area contributed by atoms with Crippen molar-refractivity contribution in [3.05, 3.63) is 30.2 Å². The Morgan fingerprint density at radius 3 is 2.61 bits per heavy atom. The Labute approximate surface area is 106 Å². The normalized spacial score (nSPS) is 13.1. The van der Waals surface area contributed by atoms with Crippen molar-refractivity contribution in [2.75, 3.05) is 0 Å². The molecule has 2 heterocycles. The zero-order chi connectivity index (χ0) is 13.6. The molecule has 0 aliphatic heterocycles. The Morgan fingerprint density at radius 1 is 1.39 bits per heavy atom. The molecule has 0 aliphatic rings. The fraction of sp³-hybridized carbons (Fsp3) is 0.417. The van der Waals surface area contributed by atoms with Crippen molar-refractivity contribution < 1.29 is 13.5 Å². The van der Waals surface area contributed by atoms with Crippen LogP contribution >= 0.6 is 0 Å². The van der Waals surface area contributed by atoms with Gasteiger partial charge in [0.1, 0.15) is 5.65 Å². The monoisotopic (exact) mass is 268 g/mol. The lowest BCUT2D eigenvalue weighted by Crippen LogP contribution is -2.29. The molecule has 0 unspecified atom stereocenters. The Hall–Kier alpha value is -1.40. The fourth-order valence-corrected chi connectivity index (χ4v) is 3.06. The zero-order valence-corrected chi connectivity index (χ0v) is 11.4. The third kappa shape index (κ3) is 1.91. The number of rotatable bonds is 2. The molecule has 0 saturated carbocycles. The quantitative estimate of drug-likeness (QED) is 0.893. The summed E-state index contributed by atoms with van der Waals surface area (Å²) >= 11 is 0. The summed E-state index contributed by atoms with van der Waals surface area (Å²) in [4.78, 5) is 4.23. The van der Waals surface area contributed by atoms with E-state index in [-0.39, 0.29) is 11.5 Å². The van der Waals surface area contributed by atoms with Gasteiger partial charge in [-0.25, -0.2) is 13.4 Å².